The number of amides is 1. The maximum atomic E-state index is 11.5. The third kappa shape index (κ3) is 4.24. The molecule has 1 atom stereocenters. The summed E-state index contributed by atoms with van der Waals surface area (Å²) in [5.41, 5.74) is 0.675. The first kappa shape index (κ1) is 13.8. The third-order valence-corrected chi connectivity index (χ3v) is 2.62. The Morgan fingerprint density at radius 2 is 2.24 bits per heavy atom. The Bertz CT molecular complexity index is 396. The maximum Gasteiger partial charge on any atom is 0.236 e. The van der Waals surface area contributed by atoms with Gasteiger partial charge in [0.1, 0.15) is 5.75 Å². The summed E-state index contributed by atoms with van der Waals surface area (Å²) in [7, 11) is 0. The molecule has 0 aliphatic carbocycles. The first-order valence-corrected chi connectivity index (χ1v) is 5.91. The van der Waals surface area contributed by atoms with Crippen LogP contribution in [0.4, 0.5) is 0 Å². The van der Waals surface area contributed by atoms with E-state index in [1.54, 1.807) is 19.1 Å². The highest BCUT2D eigenvalue weighted by Gasteiger charge is 2.11. The minimum atomic E-state index is -0.312. The number of hydrogen-bond donors (Lipinski definition) is 3. The minimum absolute atomic E-state index is 0.0611. The van der Waals surface area contributed by atoms with Crippen LogP contribution < -0.4 is 10.6 Å². The number of carbonyl (C=O) groups excluding carboxylic acids is 1. The number of rotatable bonds is 5. The normalized spacial score (nSPS) is 12.2. The lowest BCUT2D eigenvalue weighted by atomic mass is 10.2. The molecule has 4 nitrogen and oxygen atoms in total. The molecule has 0 radical (unpaired) electrons. The molecule has 1 unspecified atom stereocenters. The molecular formula is C12H17ClN2O2. The van der Waals surface area contributed by atoms with Crippen molar-refractivity contribution in [1.82, 2.24) is 10.6 Å². The maximum absolute atomic E-state index is 11.5. The van der Waals surface area contributed by atoms with Crippen LogP contribution in [0.15, 0.2) is 18.2 Å². The number of phenolic OH excluding ortho intramolecular Hbond substituents is 1. The SMILES string of the molecule is CCNC(=O)C(C)NCc1cc(Cl)ccc1O. The van der Waals surface area contributed by atoms with Crippen molar-refractivity contribution in [3.05, 3.63) is 28.8 Å². The smallest absolute Gasteiger partial charge is 0.236 e. The Labute approximate surface area is 106 Å². The van der Waals surface area contributed by atoms with Gasteiger partial charge in [-0.3, -0.25) is 4.79 Å². The van der Waals surface area contributed by atoms with E-state index >= 15 is 0 Å². The van der Waals surface area contributed by atoms with E-state index in [0.717, 1.165) is 0 Å². The molecule has 0 fully saturated rings. The van der Waals surface area contributed by atoms with Gasteiger partial charge in [0.15, 0.2) is 0 Å². The highest BCUT2D eigenvalue weighted by molar-refractivity contribution is 6.30. The van der Waals surface area contributed by atoms with Gasteiger partial charge in [0.05, 0.1) is 6.04 Å². The molecule has 1 amide bonds. The summed E-state index contributed by atoms with van der Waals surface area (Å²) in [6.07, 6.45) is 0. The molecule has 1 aromatic carbocycles. The Balaban J connectivity index is 2.55. The summed E-state index contributed by atoms with van der Waals surface area (Å²) in [6, 6.07) is 4.52. The molecule has 0 heterocycles. The zero-order valence-electron chi connectivity index (χ0n) is 9.96. The summed E-state index contributed by atoms with van der Waals surface area (Å²) in [5, 5.41) is 15.9. The Morgan fingerprint density at radius 3 is 2.88 bits per heavy atom. The van der Waals surface area contributed by atoms with Gasteiger partial charge >= 0.3 is 0 Å². The molecule has 0 aliphatic rings. The fraction of sp³-hybridized carbons (Fsp3) is 0.417. The Morgan fingerprint density at radius 1 is 1.53 bits per heavy atom. The van der Waals surface area contributed by atoms with E-state index in [1.165, 1.54) is 6.07 Å². The summed E-state index contributed by atoms with van der Waals surface area (Å²) in [4.78, 5) is 11.5. The van der Waals surface area contributed by atoms with Crippen LogP contribution in [-0.4, -0.2) is 23.6 Å². The second kappa shape index (κ2) is 6.47. The lowest BCUT2D eigenvalue weighted by Gasteiger charge is -2.14. The van der Waals surface area contributed by atoms with Crippen molar-refractivity contribution in [2.24, 2.45) is 0 Å². The number of nitrogens with one attached hydrogen (secondary N) is 2. The monoisotopic (exact) mass is 256 g/mol. The van der Waals surface area contributed by atoms with Crippen molar-refractivity contribution >= 4 is 17.5 Å². The summed E-state index contributed by atoms with van der Waals surface area (Å²) in [5.74, 6) is 0.110. The topological polar surface area (TPSA) is 61.4 Å². The summed E-state index contributed by atoms with van der Waals surface area (Å²) in [6.45, 7) is 4.64. The average molecular weight is 257 g/mol. The molecule has 0 saturated heterocycles. The molecule has 1 rings (SSSR count). The van der Waals surface area contributed by atoms with Crippen LogP contribution in [0.5, 0.6) is 5.75 Å². The van der Waals surface area contributed by atoms with Crippen LogP contribution in [-0.2, 0) is 11.3 Å². The van der Waals surface area contributed by atoms with Gasteiger partial charge in [0.25, 0.3) is 0 Å². The van der Waals surface area contributed by atoms with Crippen molar-refractivity contribution in [3.63, 3.8) is 0 Å². The number of halogens is 1. The lowest BCUT2D eigenvalue weighted by molar-refractivity contribution is -0.122. The van der Waals surface area contributed by atoms with Gasteiger partial charge in [-0.15, -0.1) is 0 Å². The van der Waals surface area contributed by atoms with Crippen LogP contribution >= 0.6 is 11.6 Å². The summed E-state index contributed by atoms with van der Waals surface area (Å²) >= 11 is 5.83. The van der Waals surface area contributed by atoms with Crippen molar-refractivity contribution in [1.29, 1.82) is 0 Å². The number of likely N-dealkylation sites (N-methyl/N-ethyl adjacent to an activating group) is 1. The van der Waals surface area contributed by atoms with E-state index in [4.69, 9.17) is 11.6 Å². The minimum Gasteiger partial charge on any atom is -0.508 e. The first-order valence-electron chi connectivity index (χ1n) is 5.53. The van der Waals surface area contributed by atoms with Crippen molar-refractivity contribution < 1.29 is 9.90 Å². The van der Waals surface area contributed by atoms with Crippen LogP contribution in [0.25, 0.3) is 0 Å². The zero-order chi connectivity index (χ0) is 12.8. The third-order valence-electron chi connectivity index (χ3n) is 2.38. The van der Waals surface area contributed by atoms with E-state index in [1.807, 2.05) is 6.92 Å². The second-order valence-corrected chi connectivity index (χ2v) is 4.21. The Hall–Kier alpha value is -1.26. The van der Waals surface area contributed by atoms with Crippen LogP contribution in [0.2, 0.25) is 5.02 Å². The van der Waals surface area contributed by atoms with Gasteiger partial charge in [-0.25, -0.2) is 0 Å². The van der Waals surface area contributed by atoms with E-state index < -0.39 is 0 Å². The zero-order valence-corrected chi connectivity index (χ0v) is 10.7. The molecule has 0 aromatic heterocycles. The number of carbonyl (C=O) groups is 1. The first-order chi connectivity index (χ1) is 8.04. The predicted octanol–water partition coefficient (Wildman–Crippen LogP) is 1.66. The molecule has 94 valence electrons. The number of phenols is 1. The van der Waals surface area contributed by atoms with Gasteiger partial charge in [0.2, 0.25) is 5.91 Å². The second-order valence-electron chi connectivity index (χ2n) is 3.77. The Kier molecular flexibility index (Phi) is 5.25. The van der Waals surface area contributed by atoms with E-state index in [2.05, 4.69) is 10.6 Å². The van der Waals surface area contributed by atoms with Crippen LogP contribution in [0.1, 0.15) is 19.4 Å². The molecule has 5 heteroatoms. The number of aromatic hydroxyl groups is 1. The molecular weight excluding hydrogens is 240 g/mol. The van der Waals surface area contributed by atoms with E-state index in [9.17, 15) is 9.90 Å². The van der Waals surface area contributed by atoms with Gasteiger partial charge in [-0.2, -0.15) is 0 Å². The molecule has 17 heavy (non-hydrogen) atoms. The quantitative estimate of drug-likeness (QED) is 0.751. The van der Waals surface area contributed by atoms with Crippen LogP contribution in [0.3, 0.4) is 0 Å². The molecule has 0 saturated carbocycles. The van der Waals surface area contributed by atoms with Gasteiger partial charge in [0, 0.05) is 23.7 Å². The molecule has 0 aliphatic heterocycles. The molecule has 0 bridgehead atoms. The van der Waals surface area contributed by atoms with Crippen molar-refractivity contribution in [2.75, 3.05) is 6.54 Å². The largest absolute Gasteiger partial charge is 0.508 e. The fourth-order valence-electron chi connectivity index (χ4n) is 1.38. The number of benzene rings is 1. The highest BCUT2D eigenvalue weighted by atomic mass is 35.5. The van der Waals surface area contributed by atoms with Crippen molar-refractivity contribution in [2.45, 2.75) is 26.4 Å². The standard InChI is InChI=1S/C12H17ClN2O2/c1-3-14-12(17)8(2)15-7-9-6-10(13)4-5-11(9)16/h4-6,8,15-16H,3,7H2,1-2H3,(H,14,17). The summed E-state index contributed by atoms with van der Waals surface area (Å²) < 4.78 is 0. The number of hydrogen-bond acceptors (Lipinski definition) is 3. The highest BCUT2D eigenvalue weighted by Crippen LogP contribution is 2.21. The molecule has 3 N–H and O–H groups in total. The van der Waals surface area contributed by atoms with Gasteiger partial charge in [-0.1, -0.05) is 11.6 Å². The molecule has 1 aromatic rings. The van der Waals surface area contributed by atoms with Gasteiger partial charge in [-0.05, 0) is 32.0 Å². The lowest BCUT2D eigenvalue weighted by Crippen LogP contribution is -2.41. The van der Waals surface area contributed by atoms with E-state index in [0.29, 0.717) is 23.7 Å². The van der Waals surface area contributed by atoms with Crippen molar-refractivity contribution in [3.8, 4) is 5.75 Å². The van der Waals surface area contributed by atoms with E-state index in [-0.39, 0.29) is 17.7 Å². The average Bonchev–Trinajstić information content (AvgIpc) is 2.30. The fourth-order valence-corrected chi connectivity index (χ4v) is 1.57. The molecule has 0 spiro atoms. The van der Waals surface area contributed by atoms with Gasteiger partial charge < -0.3 is 15.7 Å². The predicted molar refractivity (Wildman–Crippen MR) is 68.1 cm³/mol. The van der Waals surface area contributed by atoms with Crippen LogP contribution in [0, 0.1) is 0 Å².